The summed E-state index contributed by atoms with van der Waals surface area (Å²) in [5, 5.41) is 1.78. The van der Waals surface area contributed by atoms with Crippen molar-refractivity contribution in [3.8, 4) is 0 Å². The average Bonchev–Trinajstić information content (AvgIpc) is 2.72. The Kier molecular flexibility index (Phi) is 2.96. The average molecular weight is 250 g/mol. The summed E-state index contributed by atoms with van der Waals surface area (Å²) in [5.74, 6) is 0. The Balaban J connectivity index is 2.13. The number of hydrogen-bond acceptors (Lipinski definition) is 3. The second-order valence-electron chi connectivity index (χ2n) is 4.28. The monoisotopic (exact) mass is 250 g/mol. The topological polar surface area (TPSA) is 38.9 Å². The van der Waals surface area contributed by atoms with Crippen LogP contribution in [0, 0.1) is 0 Å². The standard InChI is InChI=1S/C10H13F3N2S/c11-10(12,13)5-8-15-7(6-16-8)9(14)3-1-2-4-9/h6H,1-5,14H2. The fourth-order valence-electron chi connectivity index (χ4n) is 2.05. The minimum atomic E-state index is -4.19. The van der Waals surface area contributed by atoms with Crippen molar-refractivity contribution in [1.29, 1.82) is 0 Å². The lowest BCUT2D eigenvalue weighted by Gasteiger charge is -2.20. The van der Waals surface area contributed by atoms with Crippen LogP contribution in [0.2, 0.25) is 0 Å². The van der Waals surface area contributed by atoms with Crippen LogP contribution in [0.25, 0.3) is 0 Å². The molecule has 0 aliphatic heterocycles. The van der Waals surface area contributed by atoms with Gasteiger partial charge in [-0.25, -0.2) is 4.98 Å². The molecule has 0 atom stereocenters. The van der Waals surface area contributed by atoms with Gasteiger partial charge in [-0.2, -0.15) is 13.2 Å². The summed E-state index contributed by atoms with van der Waals surface area (Å²) in [4.78, 5) is 4.02. The summed E-state index contributed by atoms with van der Waals surface area (Å²) >= 11 is 1.05. The number of aromatic nitrogens is 1. The van der Waals surface area contributed by atoms with E-state index in [1.165, 1.54) is 0 Å². The van der Waals surface area contributed by atoms with E-state index in [1.807, 2.05) is 0 Å². The lowest BCUT2D eigenvalue weighted by Crippen LogP contribution is -2.33. The normalized spacial score (nSPS) is 20.2. The van der Waals surface area contributed by atoms with Crippen LogP contribution >= 0.6 is 11.3 Å². The van der Waals surface area contributed by atoms with Crippen molar-refractivity contribution in [1.82, 2.24) is 4.98 Å². The molecule has 1 aromatic rings. The maximum atomic E-state index is 12.2. The molecule has 1 aliphatic carbocycles. The molecule has 2 rings (SSSR count). The van der Waals surface area contributed by atoms with E-state index in [9.17, 15) is 13.2 Å². The second kappa shape index (κ2) is 4.00. The Morgan fingerprint density at radius 3 is 2.56 bits per heavy atom. The fourth-order valence-corrected chi connectivity index (χ4v) is 2.99. The molecule has 6 heteroatoms. The summed E-state index contributed by atoms with van der Waals surface area (Å²) < 4.78 is 36.5. The summed E-state index contributed by atoms with van der Waals surface area (Å²) in [7, 11) is 0. The maximum absolute atomic E-state index is 12.2. The van der Waals surface area contributed by atoms with Gasteiger partial charge in [0.15, 0.2) is 0 Å². The van der Waals surface area contributed by atoms with E-state index >= 15 is 0 Å². The molecule has 1 aromatic heterocycles. The quantitative estimate of drug-likeness (QED) is 0.876. The number of hydrogen-bond donors (Lipinski definition) is 1. The fraction of sp³-hybridized carbons (Fsp3) is 0.700. The molecule has 2 nitrogen and oxygen atoms in total. The van der Waals surface area contributed by atoms with E-state index < -0.39 is 18.1 Å². The first-order chi connectivity index (χ1) is 7.39. The lowest BCUT2D eigenvalue weighted by atomic mass is 9.96. The molecule has 16 heavy (non-hydrogen) atoms. The molecule has 0 unspecified atom stereocenters. The van der Waals surface area contributed by atoms with Gasteiger partial charge in [-0.05, 0) is 12.8 Å². The van der Waals surface area contributed by atoms with Crippen LogP contribution in [0.4, 0.5) is 13.2 Å². The van der Waals surface area contributed by atoms with E-state index in [-0.39, 0.29) is 5.01 Å². The van der Waals surface area contributed by atoms with Gasteiger partial charge in [0, 0.05) is 5.38 Å². The highest BCUT2D eigenvalue weighted by molar-refractivity contribution is 7.09. The molecule has 1 saturated carbocycles. The lowest BCUT2D eigenvalue weighted by molar-refractivity contribution is -0.127. The summed E-state index contributed by atoms with van der Waals surface area (Å²) in [6.45, 7) is 0. The van der Waals surface area contributed by atoms with Crippen molar-refractivity contribution in [3.05, 3.63) is 16.1 Å². The minimum Gasteiger partial charge on any atom is -0.320 e. The van der Waals surface area contributed by atoms with Gasteiger partial charge in [0.05, 0.1) is 17.7 Å². The Hall–Kier alpha value is -0.620. The first-order valence-corrected chi connectivity index (χ1v) is 6.08. The molecule has 2 N–H and O–H groups in total. The Labute approximate surface area is 95.7 Å². The maximum Gasteiger partial charge on any atom is 0.395 e. The Bertz CT molecular complexity index is 366. The van der Waals surface area contributed by atoms with E-state index in [0.29, 0.717) is 5.69 Å². The summed E-state index contributed by atoms with van der Waals surface area (Å²) in [6, 6.07) is 0. The first kappa shape index (κ1) is 11.9. The number of nitrogens with two attached hydrogens (primary N) is 1. The van der Waals surface area contributed by atoms with Crippen molar-refractivity contribution >= 4 is 11.3 Å². The van der Waals surface area contributed by atoms with Gasteiger partial charge < -0.3 is 5.73 Å². The predicted octanol–water partition coefficient (Wildman–Crippen LogP) is 2.98. The minimum absolute atomic E-state index is 0.110. The van der Waals surface area contributed by atoms with Gasteiger partial charge in [-0.1, -0.05) is 12.8 Å². The van der Waals surface area contributed by atoms with Crippen LogP contribution in [-0.2, 0) is 12.0 Å². The molecule has 0 aromatic carbocycles. The van der Waals surface area contributed by atoms with Gasteiger partial charge in [-0.3, -0.25) is 0 Å². The second-order valence-corrected chi connectivity index (χ2v) is 5.22. The molecule has 1 fully saturated rings. The number of halogens is 3. The molecular weight excluding hydrogens is 237 g/mol. The van der Waals surface area contributed by atoms with Crippen molar-refractivity contribution in [3.63, 3.8) is 0 Å². The van der Waals surface area contributed by atoms with Crippen molar-refractivity contribution in [2.75, 3.05) is 0 Å². The highest BCUT2D eigenvalue weighted by Crippen LogP contribution is 2.37. The molecule has 0 radical (unpaired) electrons. The van der Waals surface area contributed by atoms with Crippen LogP contribution in [0.15, 0.2) is 5.38 Å². The molecule has 0 bridgehead atoms. The van der Waals surface area contributed by atoms with Gasteiger partial charge in [0.25, 0.3) is 0 Å². The van der Waals surface area contributed by atoms with Crippen LogP contribution in [0.3, 0.4) is 0 Å². The third kappa shape index (κ3) is 2.55. The van der Waals surface area contributed by atoms with Gasteiger partial charge in [-0.15, -0.1) is 11.3 Å². The molecule has 90 valence electrons. The molecule has 1 heterocycles. The summed E-state index contributed by atoms with van der Waals surface area (Å²) in [6.07, 6.45) is -1.43. The van der Waals surface area contributed by atoms with Gasteiger partial charge in [0.1, 0.15) is 5.01 Å². The highest BCUT2D eigenvalue weighted by Gasteiger charge is 2.35. The number of alkyl halides is 3. The Morgan fingerprint density at radius 2 is 2.00 bits per heavy atom. The third-order valence-electron chi connectivity index (χ3n) is 2.91. The zero-order chi connectivity index (χ0) is 11.8. The number of rotatable bonds is 2. The smallest absolute Gasteiger partial charge is 0.320 e. The largest absolute Gasteiger partial charge is 0.395 e. The van der Waals surface area contributed by atoms with E-state index in [1.54, 1.807) is 5.38 Å². The van der Waals surface area contributed by atoms with Gasteiger partial charge >= 0.3 is 6.18 Å². The van der Waals surface area contributed by atoms with Crippen LogP contribution < -0.4 is 5.73 Å². The third-order valence-corrected chi connectivity index (χ3v) is 3.76. The molecule has 0 spiro atoms. The van der Waals surface area contributed by atoms with E-state index in [0.717, 1.165) is 37.0 Å². The van der Waals surface area contributed by atoms with Crippen molar-refractivity contribution in [2.45, 2.75) is 43.8 Å². The van der Waals surface area contributed by atoms with Gasteiger partial charge in [0.2, 0.25) is 0 Å². The van der Waals surface area contributed by atoms with Crippen molar-refractivity contribution < 1.29 is 13.2 Å². The predicted molar refractivity (Wildman–Crippen MR) is 56.2 cm³/mol. The first-order valence-electron chi connectivity index (χ1n) is 5.20. The van der Waals surface area contributed by atoms with E-state index in [2.05, 4.69) is 4.98 Å². The highest BCUT2D eigenvalue weighted by atomic mass is 32.1. The zero-order valence-corrected chi connectivity index (χ0v) is 9.50. The van der Waals surface area contributed by atoms with Crippen LogP contribution in [0.1, 0.15) is 36.4 Å². The number of thiazole rings is 1. The molecule has 0 saturated heterocycles. The zero-order valence-electron chi connectivity index (χ0n) is 8.68. The van der Waals surface area contributed by atoms with Crippen LogP contribution in [-0.4, -0.2) is 11.2 Å². The number of nitrogens with zero attached hydrogens (tertiary/aromatic N) is 1. The molecule has 0 amide bonds. The SMILES string of the molecule is NC1(c2csc(CC(F)(F)F)n2)CCCC1. The summed E-state index contributed by atoms with van der Waals surface area (Å²) in [5.41, 5.74) is 6.27. The molecular formula is C10H13F3N2S. The van der Waals surface area contributed by atoms with E-state index in [4.69, 9.17) is 5.73 Å². The Morgan fingerprint density at radius 1 is 1.38 bits per heavy atom. The molecule has 1 aliphatic rings. The van der Waals surface area contributed by atoms with Crippen LogP contribution in [0.5, 0.6) is 0 Å². The van der Waals surface area contributed by atoms with Crippen molar-refractivity contribution in [2.24, 2.45) is 5.73 Å².